The molecule has 0 rings (SSSR count). The SMILES string of the molecule is CC=CC(CCCC)C(=O)O[Si](C)(C)C. The monoisotopic (exact) mass is 228 g/mol. The second-order valence-electron chi connectivity index (χ2n) is 4.81. The van der Waals surface area contributed by atoms with Gasteiger partial charge in [0.15, 0.2) is 0 Å². The molecule has 2 nitrogen and oxygen atoms in total. The smallest absolute Gasteiger partial charge is 0.299 e. The molecule has 0 N–H and O–H groups in total. The molecule has 0 aromatic heterocycles. The van der Waals surface area contributed by atoms with Crippen LogP contribution in [-0.4, -0.2) is 14.3 Å². The summed E-state index contributed by atoms with van der Waals surface area (Å²) in [5.74, 6) is -0.0811. The summed E-state index contributed by atoms with van der Waals surface area (Å²) < 4.78 is 5.50. The zero-order chi connectivity index (χ0) is 11.9. The maximum absolute atomic E-state index is 11.8. The summed E-state index contributed by atoms with van der Waals surface area (Å²) in [6.07, 6.45) is 7.00. The Labute approximate surface area is 94.8 Å². The van der Waals surface area contributed by atoms with Crippen molar-refractivity contribution in [2.75, 3.05) is 0 Å². The first kappa shape index (κ1) is 14.4. The molecule has 0 aromatic rings. The number of allylic oxidation sites excluding steroid dienone is 1. The summed E-state index contributed by atoms with van der Waals surface area (Å²) in [6, 6.07) is 0. The standard InChI is InChI=1S/C12H24O2Si/c1-6-8-10-11(9-7-2)12(13)14-15(3,4)5/h7,9,11H,6,8,10H2,1-5H3. The van der Waals surface area contributed by atoms with Crippen molar-refractivity contribution in [2.45, 2.75) is 52.8 Å². The lowest BCUT2D eigenvalue weighted by atomic mass is 10.0. The number of carbonyl (C=O) groups excluding carboxylic acids is 1. The second kappa shape index (κ2) is 6.83. The molecule has 0 saturated heterocycles. The second-order valence-corrected chi connectivity index (χ2v) is 9.24. The van der Waals surface area contributed by atoms with E-state index in [0.29, 0.717) is 0 Å². The van der Waals surface area contributed by atoms with E-state index in [2.05, 4.69) is 6.92 Å². The van der Waals surface area contributed by atoms with Crippen LogP contribution in [0.2, 0.25) is 19.6 Å². The normalized spacial score (nSPS) is 14.2. The van der Waals surface area contributed by atoms with Gasteiger partial charge in [0.1, 0.15) is 0 Å². The quantitative estimate of drug-likeness (QED) is 0.511. The minimum absolute atomic E-state index is 0.0401. The fraction of sp³-hybridized carbons (Fsp3) is 0.750. The van der Waals surface area contributed by atoms with Crippen molar-refractivity contribution in [3.8, 4) is 0 Å². The first-order chi connectivity index (χ1) is 6.90. The number of hydrogen-bond donors (Lipinski definition) is 0. The largest absolute Gasteiger partial charge is 0.519 e. The molecule has 3 heteroatoms. The predicted molar refractivity (Wildman–Crippen MR) is 67.3 cm³/mol. The number of carbonyl (C=O) groups is 1. The predicted octanol–water partition coefficient (Wildman–Crippen LogP) is 3.75. The van der Waals surface area contributed by atoms with E-state index >= 15 is 0 Å². The Morgan fingerprint density at radius 2 is 2.00 bits per heavy atom. The van der Waals surface area contributed by atoms with E-state index in [4.69, 9.17) is 4.43 Å². The Hall–Kier alpha value is -0.573. The van der Waals surface area contributed by atoms with Gasteiger partial charge in [-0.1, -0.05) is 31.9 Å². The van der Waals surface area contributed by atoms with Crippen molar-refractivity contribution >= 4 is 14.3 Å². The topological polar surface area (TPSA) is 26.3 Å². The molecule has 0 heterocycles. The summed E-state index contributed by atoms with van der Waals surface area (Å²) in [5.41, 5.74) is 0. The molecule has 0 fully saturated rings. The molecule has 0 spiro atoms. The van der Waals surface area contributed by atoms with Gasteiger partial charge in [0.2, 0.25) is 8.32 Å². The van der Waals surface area contributed by atoms with Crippen molar-refractivity contribution in [1.29, 1.82) is 0 Å². The first-order valence-corrected chi connectivity index (χ1v) is 9.17. The van der Waals surface area contributed by atoms with E-state index in [1.54, 1.807) is 0 Å². The highest BCUT2D eigenvalue weighted by Gasteiger charge is 2.24. The molecule has 1 atom stereocenters. The summed E-state index contributed by atoms with van der Waals surface area (Å²) in [7, 11) is -1.73. The number of hydrogen-bond acceptors (Lipinski definition) is 2. The number of unbranched alkanes of at least 4 members (excludes halogenated alkanes) is 1. The van der Waals surface area contributed by atoms with Gasteiger partial charge in [0, 0.05) is 0 Å². The van der Waals surface area contributed by atoms with E-state index in [1.165, 1.54) is 0 Å². The van der Waals surface area contributed by atoms with Crippen LogP contribution in [0.4, 0.5) is 0 Å². The number of rotatable bonds is 6. The van der Waals surface area contributed by atoms with Gasteiger partial charge in [-0.3, -0.25) is 4.79 Å². The van der Waals surface area contributed by atoms with E-state index in [0.717, 1.165) is 19.3 Å². The average Bonchev–Trinajstić information content (AvgIpc) is 2.09. The summed E-state index contributed by atoms with van der Waals surface area (Å²) in [5, 5.41) is 0. The maximum atomic E-state index is 11.8. The highest BCUT2D eigenvalue weighted by Crippen LogP contribution is 2.15. The Morgan fingerprint density at radius 3 is 2.40 bits per heavy atom. The van der Waals surface area contributed by atoms with Gasteiger partial charge < -0.3 is 4.43 Å². The molecule has 15 heavy (non-hydrogen) atoms. The minimum Gasteiger partial charge on any atom is -0.519 e. The van der Waals surface area contributed by atoms with Crippen LogP contribution < -0.4 is 0 Å². The molecule has 0 aliphatic carbocycles. The Kier molecular flexibility index (Phi) is 6.57. The molecule has 88 valence electrons. The van der Waals surface area contributed by atoms with E-state index in [1.807, 2.05) is 38.7 Å². The molecule has 0 bridgehead atoms. The van der Waals surface area contributed by atoms with Crippen LogP contribution in [0, 0.1) is 5.92 Å². The average molecular weight is 228 g/mol. The van der Waals surface area contributed by atoms with Crippen molar-refractivity contribution in [1.82, 2.24) is 0 Å². The van der Waals surface area contributed by atoms with Crippen LogP contribution in [0.5, 0.6) is 0 Å². The molecule has 0 amide bonds. The molecule has 0 radical (unpaired) electrons. The third-order valence-corrected chi connectivity index (χ3v) is 2.82. The molecule has 0 aliphatic heterocycles. The van der Waals surface area contributed by atoms with Crippen molar-refractivity contribution in [2.24, 2.45) is 5.92 Å². The lowest BCUT2D eigenvalue weighted by molar-refractivity contribution is -0.138. The zero-order valence-corrected chi connectivity index (χ0v) is 11.7. The third-order valence-electron chi connectivity index (χ3n) is 2.00. The zero-order valence-electron chi connectivity index (χ0n) is 10.7. The van der Waals surface area contributed by atoms with E-state index in [9.17, 15) is 4.79 Å². The molecule has 1 unspecified atom stereocenters. The van der Waals surface area contributed by atoms with Crippen molar-refractivity contribution in [3.63, 3.8) is 0 Å². The lowest BCUT2D eigenvalue weighted by Gasteiger charge is -2.21. The molecular formula is C12H24O2Si. The summed E-state index contributed by atoms with van der Waals surface area (Å²) in [6.45, 7) is 10.2. The van der Waals surface area contributed by atoms with E-state index in [-0.39, 0.29) is 11.9 Å². The van der Waals surface area contributed by atoms with Crippen LogP contribution in [0.25, 0.3) is 0 Å². The highest BCUT2D eigenvalue weighted by atomic mass is 28.4. The lowest BCUT2D eigenvalue weighted by Crippen LogP contribution is -2.32. The third kappa shape index (κ3) is 7.37. The minimum atomic E-state index is -1.73. The Balaban J connectivity index is 4.29. The summed E-state index contributed by atoms with van der Waals surface area (Å²) in [4.78, 5) is 11.8. The van der Waals surface area contributed by atoms with Crippen LogP contribution >= 0.6 is 0 Å². The fourth-order valence-corrected chi connectivity index (χ4v) is 2.08. The fourth-order valence-electron chi connectivity index (χ4n) is 1.33. The molecule has 0 aliphatic rings. The highest BCUT2D eigenvalue weighted by molar-refractivity contribution is 6.71. The van der Waals surface area contributed by atoms with Gasteiger partial charge in [0.25, 0.3) is 5.97 Å². The molecule has 0 aromatic carbocycles. The van der Waals surface area contributed by atoms with Crippen molar-refractivity contribution in [3.05, 3.63) is 12.2 Å². The van der Waals surface area contributed by atoms with Gasteiger partial charge in [-0.05, 0) is 33.0 Å². The van der Waals surface area contributed by atoms with Crippen LogP contribution in [0.3, 0.4) is 0 Å². The maximum Gasteiger partial charge on any atom is 0.299 e. The van der Waals surface area contributed by atoms with Crippen LogP contribution in [0.15, 0.2) is 12.2 Å². The van der Waals surface area contributed by atoms with Gasteiger partial charge >= 0.3 is 0 Å². The van der Waals surface area contributed by atoms with Gasteiger partial charge in [-0.2, -0.15) is 0 Å². The summed E-state index contributed by atoms with van der Waals surface area (Å²) >= 11 is 0. The Morgan fingerprint density at radius 1 is 1.40 bits per heavy atom. The first-order valence-electron chi connectivity index (χ1n) is 5.76. The van der Waals surface area contributed by atoms with Gasteiger partial charge in [-0.15, -0.1) is 0 Å². The van der Waals surface area contributed by atoms with E-state index < -0.39 is 8.32 Å². The Bertz CT molecular complexity index is 216. The molecular weight excluding hydrogens is 204 g/mol. The van der Waals surface area contributed by atoms with Crippen LogP contribution in [0.1, 0.15) is 33.1 Å². The van der Waals surface area contributed by atoms with Crippen LogP contribution in [-0.2, 0) is 9.22 Å². The van der Waals surface area contributed by atoms with Crippen molar-refractivity contribution < 1.29 is 9.22 Å². The van der Waals surface area contributed by atoms with Gasteiger partial charge in [-0.25, -0.2) is 0 Å². The molecule has 0 saturated carbocycles. The van der Waals surface area contributed by atoms with Gasteiger partial charge in [0.05, 0.1) is 5.92 Å².